The van der Waals surface area contributed by atoms with Gasteiger partial charge in [-0.3, -0.25) is 20.0 Å². The zero-order valence-electron chi connectivity index (χ0n) is 14.9. The molecule has 146 valence electrons. The molecule has 1 aromatic carbocycles. The molecule has 1 aliphatic rings. The normalized spacial score (nSPS) is 12.8. The van der Waals surface area contributed by atoms with E-state index in [-0.39, 0.29) is 30.2 Å². The second kappa shape index (κ2) is 7.47. The third-order valence-electron chi connectivity index (χ3n) is 3.89. The van der Waals surface area contributed by atoms with Gasteiger partial charge in [0.1, 0.15) is 5.69 Å². The number of nitro groups is 1. The lowest BCUT2D eigenvalue weighted by molar-refractivity contribution is -0.387. The monoisotopic (exact) mass is 390 g/mol. The number of amides is 2. The van der Waals surface area contributed by atoms with Gasteiger partial charge >= 0.3 is 17.9 Å². The number of carbonyl (C=O) groups excluding carboxylic acids is 2. The quantitative estimate of drug-likeness (QED) is 0.582. The minimum absolute atomic E-state index is 0.00178. The Morgan fingerprint density at radius 2 is 2.21 bits per heavy atom. The second-order valence-corrected chi connectivity index (χ2v) is 6.11. The van der Waals surface area contributed by atoms with Crippen LogP contribution >= 0.6 is 0 Å². The molecule has 0 unspecified atom stereocenters. The highest BCUT2D eigenvalue weighted by Gasteiger charge is 2.29. The van der Waals surface area contributed by atoms with Gasteiger partial charge in [-0.15, -0.1) is 0 Å². The number of nitrogens with zero attached hydrogens (tertiary/aromatic N) is 4. The zero-order valence-corrected chi connectivity index (χ0v) is 14.9. The molecule has 2 aromatic rings. The average Bonchev–Trinajstić information content (AvgIpc) is 2.63. The summed E-state index contributed by atoms with van der Waals surface area (Å²) in [6.07, 6.45) is -0.103. The maximum absolute atomic E-state index is 14.3. The Kier molecular flexibility index (Phi) is 5.07. The van der Waals surface area contributed by atoms with Gasteiger partial charge in [0.2, 0.25) is 5.82 Å². The van der Waals surface area contributed by atoms with Crippen molar-refractivity contribution < 1.29 is 28.4 Å². The summed E-state index contributed by atoms with van der Waals surface area (Å²) in [5.41, 5.74) is -0.324. The Hall–Kier alpha value is -3.76. The number of pyridine rings is 1. The summed E-state index contributed by atoms with van der Waals surface area (Å²) >= 11 is 0. The standard InChI is InChI=1S/C17H15FN4O6/c1-20(2)16(23)27-11-6-14-12(19-7-11)9-21(17(24)28-14)8-10-4-3-5-13(15(10)18)22(25)26/h3-7H,8-9H2,1-2H3. The first-order valence-corrected chi connectivity index (χ1v) is 8.03. The molecule has 1 aromatic heterocycles. The first-order valence-electron chi connectivity index (χ1n) is 8.03. The fraction of sp³-hybridized carbons (Fsp3) is 0.235. The molecule has 2 heterocycles. The van der Waals surface area contributed by atoms with Crippen LogP contribution in [0.25, 0.3) is 0 Å². The molecular formula is C17H15FN4O6. The Morgan fingerprint density at radius 3 is 2.89 bits per heavy atom. The third kappa shape index (κ3) is 3.82. The minimum atomic E-state index is -1.01. The van der Waals surface area contributed by atoms with Crippen LogP contribution in [0.5, 0.6) is 11.5 Å². The first kappa shape index (κ1) is 19.0. The van der Waals surface area contributed by atoms with E-state index in [1.165, 1.54) is 43.4 Å². The van der Waals surface area contributed by atoms with Crippen LogP contribution in [0.2, 0.25) is 0 Å². The predicted molar refractivity (Wildman–Crippen MR) is 92.3 cm³/mol. The molecule has 10 nitrogen and oxygen atoms in total. The van der Waals surface area contributed by atoms with Gasteiger partial charge in [0.05, 0.1) is 24.2 Å². The first-order chi connectivity index (χ1) is 13.3. The van der Waals surface area contributed by atoms with Crippen molar-refractivity contribution in [1.29, 1.82) is 0 Å². The van der Waals surface area contributed by atoms with Crippen LogP contribution in [-0.2, 0) is 13.1 Å². The van der Waals surface area contributed by atoms with Crippen LogP contribution < -0.4 is 9.47 Å². The number of ether oxygens (including phenoxy) is 2. The van der Waals surface area contributed by atoms with Gasteiger partial charge in [-0.25, -0.2) is 9.59 Å². The van der Waals surface area contributed by atoms with Crippen LogP contribution in [0, 0.1) is 15.9 Å². The zero-order chi connectivity index (χ0) is 20.4. The molecule has 0 saturated carbocycles. The van der Waals surface area contributed by atoms with E-state index in [0.29, 0.717) is 5.69 Å². The lowest BCUT2D eigenvalue weighted by atomic mass is 10.1. The highest BCUT2D eigenvalue weighted by atomic mass is 19.1. The minimum Gasteiger partial charge on any atom is -0.408 e. The largest absolute Gasteiger partial charge is 0.415 e. The summed E-state index contributed by atoms with van der Waals surface area (Å²) in [4.78, 5) is 40.3. The number of carbonyl (C=O) groups is 2. The number of hydrogen-bond acceptors (Lipinski definition) is 7. The van der Waals surface area contributed by atoms with Gasteiger partial charge < -0.3 is 14.4 Å². The van der Waals surface area contributed by atoms with Gasteiger partial charge in [-0.1, -0.05) is 12.1 Å². The van der Waals surface area contributed by atoms with Crippen molar-refractivity contribution in [1.82, 2.24) is 14.8 Å². The van der Waals surface area contributed by atoms with Crippen molar-refractivity contribution in [2.75, 3.05) is 14.1 Å². The summed E-state index contributed by atoms with van der Waals surface area (Å²) in [5.74, 6) is -0.793. The summed E-state index contributed by atoms with van der Waals surface area (Å²) in [5, 5.41) is 10.9. The topological polar surface area (TPSA) is 115 Å². The molecule has 0 atom stereocenters. The summed E-state index contributed by atoms with van der Waals surface area (Å²) in [6.45, 7) is -0.233. The van der Waals surface area contributed by atoms with Crippen LogP contribution in [0.4, 0.5) is 19.7 Å². The molecule has 0 aliphatic carbocycles. The molecule has 2 amide bonds. The fourth-order valence-corrected chi connectivity index (χ4v) is 2.47. The summed E-state index contributed by atoms with van der Waals surface area (Å²) in [6, 6.07) is 5.08. The van der Waals surface area contributed by atoms with E-state index in [1.807, 2.05) is 0 Å². The lowest BCUT2D eigenvalue weighted by Gasteiger charge is -2.27. The van der Waals surface area contributed by atoms with Crippen LogP contribution in [0.1, 0.15) is 11.3 Å². The Balaban J connectivity index is 1.78. The van der Waals surface area contributed by atoms with Gasteiger partial charge in [0.15, 0.2) is 11.5 Å². The SMILES string of the molecule is CN(C)C(=O)Oc1cnc2c(c1)OC(=O)N(Cc1cccc([N+](=O)[O-])c1F)C2. The van der Waals surface area contributed by atoms with E-state index in [0.717, 1.165) is 11.0 Å². The highest BCUT2D eigenvalue weighted by Crippen LogP contribution is 2.30. The van der Waals surface area contributed by atoms with Crippen LogP contribution in [-0.4, -0.2) is 46.0 Å². The van der Waals surface area contributed by atoms with E-state index >= 15 is 0 Å². The average molecular weight is 390 g/mol. The number of nitro benzene ring substituents is 1. The number of aromatic nitrogens is 1. The van der Waals surface area contributed by atoms with Crippen molar-refractivity contribution >= 4 is 17.9 Å². The third-order valence-corrected chi connectivity index (χ3v) is 3.89. The van der Waals surface area contributed by atoms with E-state index in [4.69, 9.17) is 9.47 Å². The maximum Gasteiger partial charge on any atom is 0.415 e. The van der Waals surface area contributed by atoms with Crippen molar-refractivity contribution in [3.05, 3.63) is 57.7 Å². The number of halogens is 1. The van der Waals surface area contributed by atoms with Crippen molar-refractivity contribution in [2.45, 2.75) is 13.1 Å². The van der Waals surface area contributed by atoms with Gasteiger partial charge in [-0.2, -0.15) is 4.39 Å². The Morgan fingerprint density at radius 1 is 1.46 bits per heavy atom. The number of fused-ring (bicyclic) bond motifs is 1. The van der Waals surface area contributed by atoms with Crippen molar-refractivity contribution in [2.24, 2.45) is 0 Å². The highest BCUT2D eigenvalue weighted by molar-refractivity contribution is 5.74. The number of rotatable bonds is 4. The van der Waals surface area contributed by atoms with E-state index in [2.05, 4.69) is 4.98 Å². The summed E-state index contributed by atoms with van der Waals surface area (Å²) in [7, 11) is 3.03. The van der Waals surface area contributed by atoms with Crippen LogP contribution in [0.15, 0.2) is 30.5 Å². The molecule has 0 N–H and O–H groups in total. The smallest absolute Gasteiger partial charge is 0.408 e. The predicted octanol–water partition coefficient (Wildman–Crippen LogP) is 2.70. The molecule has 11 heteroatoms. The Labute approximate surface area is 158 Å². The van der Waals surface area contributed by atoms with Crippen LogP contribution in [0.3, 0.4) is 0 Å². The van der Waals surface area contributed by atoms with E-state index in [1.54, 1.807) is 0 Å². The molecule has 1 aliphatic heterocycles. The maximum atomic E-state index is 14.3. The molecule has 0 bridgehead atoms. The Bertz CT molecular complexity index is 965. The van der Waals surface area contributed by atoms with Crippen molar-refractivity contribution in [3.8, 4) is 11.5 Å². The molecular weight excluding hydrogens is 375 g/mol. The molecule has 0 fully saturated rings. The van der Waals surface area contributed by atoms with E-state index < -0.39 is 28.6 Å². The number of hydrogen-bond donors (Lipinski definition) is 0. The van der Waals surface area contributed by atoms with Gasteiger partial charge in [-0.05, 0) is 0 Å². The lowest BCUT2D eigenvalue weighted by Crippen LogP contribution is -2.37. The molecule has 0 radical (unpaired) electrons. The summed E-state index contributed by atoms with van der Waals surface area (Å²) < 4.78 is 24.5. The second-order valence-electron chi connectivity index (χ2n) is 6.11. The number of benzene rings is 1. The molecule has 3 rings (SSSR count). The molecule has 28 heavy (non-hydrogen) atoms. The van der Waals surface area contributed by atoms with Crippen molar-refractivity contribution in [3.63, 3.8) is 0 Å². The fourth-order valence-electron chi connectivity index (χ4n) is 2.47. The molecule has 0 saturated heterocycles. The van der Waals surface area contributed by atoms with Gasteiger partial charge in [0, 0.05) is 31.8 Å². The van der Waals surface area contributed by atoms with Gasteiger partial charge in [0.25, 0.3) is 0 Å². The van der Waals surface area contributed by atoms with E-state index in [9.17, 15) is 24.1 Å². The molecule has 0 spiro atoms.